The van der Waals surface area contributed by atoms with Crippen LogP contribution in [0.4, 0.5) is 0 Å². The highest BCUT2D eigenvalue weighted by Gasteiger charge is 2.19. The number of para-hydroxylation sites is 1. The lowest BCUT2D eigenvalue weighted by atomic mass is 10.1. The highest BCUT2D eigenvalue weighted by Crippen LogP contribution is 2.24. The van der Waals surface area contributed by atoms with Gasteiger partial charge in [0.05, 0.1) is 47.6 Å². The Morgan fingerprint density at radius 1 is 1.18 bits per heavy atom. The van der Waals surface area contributed by atoms with E-state index in [0.717, 1.165) is 16.8 Å². The van der Waals surface area contributed by atoms with Crippen molar-refractivity contribution in [3.8, 4) is 11.8 Å². The Morgan fingerprint density at radius 2 is 2.00 bits per heavy atom. The van der Waals surface area contributed by atoms with Crippen LogP contribution < -0.4 is 5.56 Å². The van der Waals surface area contributed by atoms with E-state index in [2.05, 4.69) is 6.07 Å². The van der Waals surface area contributed by atoms with E-state index in [0.29, 0.717) is 28.4 Å². The Labute approximate surface area is 201 Å². The third kappa shape index (κ3) is 5.05. The van der Waals surface area contributed by atoms with Gasteiger partial charge in [-0.2, -0.15) is 5.26 Å². The van der Waals surface area contributed by atoms with Gasteiger partial charge in [0.1, 0.15) is 5.76 Å². The third-order valence-electron chi connectivity index (χ3n) is 5.44. The second kappa shape index (κ2) is 10.4. The number of benzene rings is 2. The van der Waals surface area contributed by atoms with E-state index in [9.17, 15) is 9.59 Å². The molecule has 172 valence electrons. The molecule has 7 nitrogen and oxygen atoms in total. The van der Waals surface area contributed by atoms with Gasteiger partial charge in [0.2, 0.25) is 5.91 Å². The molecule has 0 spiro atoms. The number of nitrogens with zero attached hydrogens (tertiary/aromatic N) is 4. The van der Waals surface area contributed by atoms with Gasteiger partial charge in [0, 0.05) is 6.54 Å². The van der Waals surface area contributed by atoms with Crippen LogP contribution in [-0.2, 0) is 11.3 Å². The molecule has 2 aromatic carbocycles. The van der Waals surface area contributed by atoms with Crippen molar-refractivity contribution in [1.29, 1.82) is 5.26 Å². The van der Waals surface area contributed by atoms with Gasteiger partial charge >= 0.3 is 0 Å². The van der Waals surface area contributed by atoms with E-state index in [-0.39, 0.29) is 30.2 Å². The molecular formula is C26H24N4O3S. The average molecular weight is 473 g/mol. The summed E-state index contributed by atoms with van der Waals surface area (Å²) in [6, 6.07) is 18.7. The summed E-state index contributed by atoms with van der Waals surface area (Å²) in [5.41, 5.74) is 3.19. The van der Waals surface area contributed by atoms with Crippen molar-refractivity contribution < 1.29 is 9.21 Å². The van der Waals surface area contributed by atoms with Gasteiger partial charge < -0.3 is 9.32 Å². The van der Waals surface area contributed by atoms with Crippen molar-refractivity contribution in [2.75, 3.05) is 12.3 Å². The smallest absolute Gasteiger partial charge is 0.266 e. The number of thioether (sulfide) groups is 1. The Balaban J connectivity index is 1.68. The summed E-state index contributed by atoms with van der Waals surface area (Å²) in [6.45, 7) is 4.53. The maximum absolute atomic E-state index is 13.5. The fourth-order valence-electron chi connectivity index (χ4n) is 3.76. The zero-order valence-corrected chi connectivity index (χ0v) is 19.8. The van der Waals surface area contributed by atoms with Crippen LogP contribution in [0.15, 0.2) is 75.2 Å². The second-order valence-corrected chi connectivity index (χ2v) is 8.88. The Bertz CT molecular complexity index is 1420. The fourth-order valence-corrected chi connectivity index (χ4v) is 4.67. The number of nitriles is 1. The van der Waals surface area contributed by atoms with E-state index in [1.54, 1.807) is 40.0 Å². The standard InChI is InChI=1S/C26H24N4O3S/c1-18-10-11-23(19(2)15-18)30-25(32)21-8-3-4-9-22(21)28-26(30)34-17-24(31)29(13-6-12-27)16-20-7-5-14-33-20/h3-5,7-11,14-15H,6,13,16-17H2,1-2H3. The zero-order valence-electron chi connectivity index (χ0n) is 19.0. The van der Waals surface area contributed by atoms with Gasteiger partial charge in [-0.05, 0) is 49.7 Å². The van der Waals surface area contributed by atoms with E-state index >= 15 is 0 Å². The number of hydrogen-bond donors (Lipinski definition) is 0. The molecule has 0 unspecified atom stereocenters. The molecule has 0 aliphatic rings. The second-order valence-electron chi connectivity index (χ2n) is 7.93. The van der Waals surface area contributed by atoms with Gasteiger partial charge in [-0.1, -0.05) is 41.6 Å². The van der Waals surface area contributed by atoms with Crippen LogP contribution in [0.5, 0.6) is 0 Å². The molecule has 0 saturated heterocycles. The summed E-state index contributed by atoms with van der Waals surface area (Å²) in [7, 11) is 0. The van der Waals surface area contributed by atoms with Crippen LogP contribution >= 0.6 is 11.8 Å². The van der Waals surface area contributed by atoms with Crippen LogP contribution in [0.1, 0.15) is 23.3 Å². The number of amides is 1. The lowest BCUT2D eigenvalue weighted by Gasteiger charge is -2.21. The molecule has 2 heterocycles. The lowest BCUT2D eigenvalue weighted by Crippen LogP contribution is -2.33. The number of carbonyl (C=O) groups excluding carboxylic acids is 1. The average Bonchev–Trinajstić information content (AvgIpc) is 3.34. The number of hydrogen-bond acceptors (Lipinski definition) is 6. The van der Waals surface area contributed by atoms with E-state index < -0.39 is 0 Å². The number of fused-ring (bicyclic) bond motifs is 1. The van der Waals surface area contributed by atoms with Gasteiger partial charge in [0.25, 0.3) is 5.56 Å². The van der Waals surface area contributed by atoms with E-state index in [4.69, 9.17) is 14.7 Å². The predicted octanol–water partition coefficient (Wildman–Crippen LogP) is 4.63. The molecule has 0 aliphatic heterocycles. The summed E-state index contributed by atoms with van der Waals surface area (Å²) >= 11 is 1.21. The molecule has 0 radical (unpaired) electrons. The molecule has 0 atom stereocenters. The number of furan rings is 1. The van der Waals surface area contributed by atoms with Crippen molar-refractivity contribution in [1.82, 2.24) is 14.5 Å². The first-order valence-corrected chi connectivity index (χ1v) is 11.9. The van der Waals surface area contributed by atoms with Crippen molar-refractivity contribution in [2.24, 2.45) is 0 Å². The molecule has 0 aliphatic carbocycles. The molecule has 1 amide bonds. The summed E-state index contributed by atoms with van der Waals surface area (Å²) in [4.78, 5) is 32.9. The first kappa shape index (κ1) is 23.3. The maximum Gasteiger partial charge on any atom is 0.266 e. The Kier molecular flexibility index (Phi) is 7.14. The van der Waals surface area contributed by atoms with Gasteiger partial charge in [-0.15, -0.1) is 0 Å². The number of rotatable bonds is 8. The summed E-state index contributed by atoms with van der Waals surface area (Å²) in [5.74, 6) is 0.556. The van der Waals surface area contributed by atoms with Crippen LogP contribution in [0.2, 0.25) is 0 Å². The van der Waals surface area contributed by atoms with E-state index in [1.165, 1.54) is 11.8 Å². The van der Waals surface area contributed by atoms with Crippen molar-refractivity contribution >= 4 is 28.6 Å². The molecule has 0 saturated carbocycles. The molecular weight excluding hydrogens is 448 g/mol. The van der Waals surface area contributed by atoms with Crippen LogP contribution in [0, 0.1) is 25.2 Å². The van der Waals surface area contributed by atoms with Crippen LogP contribution in [0.25, 0.3) is 16.6 Å². The molecule has 0 bridgehead atoms. The largest absolute Gasteiger partial charge is 0.467 e. The highest BCUT2D eigenvalue weighted by molar-refractivity contribution is 7.99. The molecule has 4 aromatic rings. The Morgan fingerprint density at radius 3 is 2.74 bits per heavy atom. The summed E-state index contributed by atoms with van der Waals surface area (Å²) in [6.07, 6.45) is 1.78. The first-order chi connectivity index (χ1) is 16.5. The predicted molar refractivity (Wildman–Crippen MR) is 132 cm³/mol. The SMILES string of the molecule is Cc1ccc(-n2c(SCC(=O)N(CCC#N)Cc3ccco3)nc3ccccc3c2=O)c(C)c1. The quantitative estimate of drug-likeness (QED) is 0.274. The third-order valence-corrected chi connectivity index (χ3v) is 6.36. The minimum absolute atomic E-state index is 0.0713. The highest BCUT2D eigenvalue weighted by atomic mass is 32.2. The number of carbonyl (C=O) groups is 1. The minimum atomic E-state index is -0.176. The molecule has 4 rings (SSSR count). The molecule has 0 N–H and O–H groups in total. The number of aromatic nitrogens is 2. The van der Waals surface area contributed by atoms with Crippen molar-refractivity contribution in [3.63, 3.8) is 0 Å². The molecule has 8 heteroatoms. The van der Waals surface area contributed by atoms with Crippen molar-refractivity contribution in [3.05, 3.63) is 88.1 Å². The molecule has 0 fully saturated rings. The van der Waals surface area contributed by atoms with Crippen molar-refractivity contribution in [2.45, 2.75) is 32.0 Å². The van der Waals surface area contributed by atoms with Gasteiger partial charge in [-0.25, -0.2) is 4.98 Å². The number of aryl methyl sites for hydroxylation is 2. The summed E-state index contributed by atoms with van der Waals surface area (Å²) in [5, 5.41) is 9.97. The van der Waals surface area contributed by atoms with E-state index in [1.807, 2.05) is 44.2 Å². The van der Waals surface area contributed by atoms with Crippen LogP contribution in [-0.4, -0.2) is 32.7 Å². The van der Waals surface area contributed by atoms with Gasteiger partial charge in [0.15, 0.2) is 5.16 Å². The normalized spacial score (nSPS) is 10.9. The fraction of sp³-hybridized carbons (Fsp3) is 0.231. The minimum Gasteiger partial charge on any atom is -0.467 e. The monoisotopic (exact) mass is 472 g/mol. The van der Waals surface area contributed by atoms with Gasteiger partial charge in [-0.3, -0.25) is 14.2 Å². The molecule has 34 heavy (non-hydrogen) atoms. The van der Waals surface area contributed by atoms with Crippen LogP contribution in [0.3, 0.4) is 0 Å². The Hall–Kier alpha value is -3.83. The zero-order chi connectivity index (χ0) is 24.1. The summed E-state index contributed by atoms with van der Waals surface area (Å²) < 4.78 is 6.96. The maximum atomic E-state index is 13.5. The lowest BCUT2D eigenvalue weighted by molar-refractivity contribution is -0.129. The molecule has 2 aromatic heterocycles. The topological polar surface area (TPSA) is 92.1 Å². The first-order valence-electron chi connectivity index (χ1n) is 10.9.